The maximum atomic E-state index is 12.2. The van der Waals surface area contributed by atoms with Crippen LogP contribution in [0.5, 0.6) is 0 Å². The minimum Gasteiger partial charge on any atom is -0.382 e. The monoisotopic (exact) mass is 258 g/mol. The first kappa shape index (κ1) is 10.9. The molecule has 0 saturated heterocycles. The Balaban J connectivity index is 2.02. The smallest absolute Gasteiger partial charge is 0.259 e. The van der Waals surface area contributed by atoms with Gasteiger partial charge in [0.05, 0.1) is 30.0 Å². The molecule has 3 aromatic rings. The third kappa shape index (κ3) is 1.86. The molecule has 6 heteroatoms. The number of nitrogens with two attached hydrogens (primary N) is 1. The second kappa shape index (κ2) is 4.23. The molecule has 0 unspecified atom stereocenters. The van der Waals surface area contributed by atoms with E-state index in [9.17, 15) is 4.79 Å². The fourth-order valence-electron chi connectivity index (χ4n) is 1.75. The van der Waals surface area contributed by atoms with Gasteiger partial charge in [-0.05, 0) is 17.5 Å². The van der Waals surface area contributed by atoms with E-state index >= 15 is 0 Å². The lowest BCUT2D eigenvalue weighted by Crippen LogP contribution is -2.20. The quantitative estimate of drug-likeness (QED) is 0.755. The Hall–Kier alpha value is -2.21. The summed E-state index contributed by atoms with van der Waals surface area (Å²) in [7, 11) is 0. The van der Waals surface area contributed by atoms with Crippen LogP contribution in [0, 0.1) is 0 Å². The molecule has 0 aliphatic rings. The highest BCUT2D eigenvalue weighted by molar-refractivity contribution is 7.17. The minimum absolute atomic E-state index is 0.00706. The second-order valence-electron chi connectivity index (χ2n) is 3.88. The summed E-state index contributed by atoms with van der Waals surface area (Å²) in [6, 6.07) is 3.78. The lowest BCUT2D eigenvalue weighted by molar-refractivity contribution is 0.743. The van der Waals surface area contributed by atoms with Crippen LogP contribution in [0.4, 0.5) is 5.82 Å². The van der Waals surface area contributed by atoms with Gasteiger partial charge in [-0.15, -0.1) is 11.3 Å². The molecule has 5 nitrogen and oxygen atoms in total. The molecule has 0 aliphatic carbocycles. The molecule has 0 radical (unpaired) electrons. The lowest BCUT2D eigenvalue weighted by Gasteiger charge is -2.05. The number of fused-ring (bicyclic) bond motifs is 1. The number of hydrogen-bond donors (Lipinski definition) is 1. The highest BCUT2D eigenvalue weighted by Gasteiger charge is 2.05. The summed E-state index contributed by atoms with van der Waals surface area (Å²) in [4.78, 5) is 20.3. The van der Waals surface area contributed by atoms with Gasteiger partial charge in [-0.25, -0.2) is 4.98 Å². The molecule has 0 atom stereocenters. The standard InChI is InChI=1S/C12H10N4OS/c13-11-6-14-8(5-15-11)7-16-3-1-10-9(12(16)17)2-4-18-10/h1-6H,7H2,(H2,13,15). The Kier molecular flexibility index (Phi) is 2.56. The van der Waals surface area contributed by atoms with Gasteiger partial charge in [0.25, 0.3) is 5.56 Å². The first-order chi connectivity index (χ1) is 8.74. The van der Waals surface area contributed by atoms with Gasteiger partial charge in [0.2, 0.25) is 0 Å². The average Bonchev–Trinajstić information content (AvgIpc) is 2.84. The topological polar surface area (TPSA) is 73.8 Å². The minimum atomic E-state index is -0.00706. The van der Waals surface area contributed by atoms with Crippen LogP contribution in [-0.4, -0.2) is 14.5 Å². The van der Waals surface area contributed by atoms with Crippen molar-refractivity contribution in [1.29, 1.82) is 0 Å². The number of aromatic nitrogens is 3. The van der Waals surface area contributed by atoms with Gasteiger partial charge in [0.1, 0.15) is 5.82 Å². The van der Waals surface area contributed by atoms with Gasteiger partial charge in [0.15, 0.2) is 0 Å². The first-order valence-corrected chi connectivity index (χ1v) is 6.25. The summed E-state index contributed by atoms with van der Waals surface area (Å²) in [5, 5.41) is 2.66. The Labute approximate surface area is 107 Å². The Morgan fingerprint density at radius 2 is 2.17 bits per heavy atom. The van der Waals surface area contributed by atoms with Gasteiger partial charge in [0, 0.05) is 10.9 Å². The molecule has 2 N–H and O–H groups in total. The zero-order valence-electron chi connectivity index (χ0n) is 9.41. The predicted octanol–water partition coefficient (Wildman–Crippen LogP) is 1.48. The normalized spacial score (nSPS) is 10.9. The van der Waals surface area contributed by atoms with Crippen LogP contribution < -0.4 is 11.3 Å². The van der Waals surface area contributed by atoms with E-state index < -0.39 is 0 Å². The molecule has 3 heterocycles. The lowest BCUT2D eigenvalue weighted by atomic mass is 10.3. The molecule has 0 aliphatic heterocycles. The van der Waals surface area contributed by atoms with Crippen LogP contribution in [0.25, 0.3) is 10.1 Å². The Bertz CT molecular complexity index is 745. The maximum absolute atomic E-state index is 12.2. The van der Waals surface area contributed by atoms with Gasteiger partial charge in [-0.2, -0.15) is 0 Å². The van der Waals surface area contributed by atoms with Crippen molar-refractivity contribution in [3.05, 3.63) is 52.2 Å². The second-order valence-corrected chi connectivity index (χ2v) is 4.83. The molecule has 18 heavy (non-hydrogen) atoms. The number of hydrogen-bond acceptors (Lipinski definition) is 5. The fourth-order valence-corrected chi connectivity index (χ4v) is 2.52. The third-order valence-electron chi connectivity index (χ3n) is 2.65. The number of anilines is 1. The number of rotatable bonds is 2. The molecule has 0 bridgehead atoms. The molecule has 0 saturated carbocycles. The molecule has 90 valence electrons. The molecular formula is C12H10N4OS. The summed E-state index contributed by atoms with van der Waals surface area (Å²) in [6.45, 7) is 0.401. The molecule has 3 rings (SSSR count). The van der Waals surface area contributed by atoms with E-state index in [4.69, 9.17) is 5.73 Å². The van der Waals surface area contributed by atoms with Crippen molar-refractivity contribution in [3.8, 4) is 0 Å². The van der Waals surface area contributed by atoms with Crippen LogP contribution in [0.2, 0.25) is 0 Å². The number of nitrogen functional groups attached to an aromatic ring is 1. The van der Waals surface area contributed by atoms with Crippen molar-refractivity contribution < 1.29 is 0 Å². The van der Waals surface area contributed by atoms with E-state index in [1.54, 1.807) is 28.3 Å². The third-order valence-corrected chi connectivity index (χ3v) is 3.53. The number of pyridine rings is 1. The van der Waals surface area contributed by atoms with Crippen LogP contribution in [-0.2, 0) is 6.54 Å². The van der Waals surface area contributed by atoms with Gasteiger partial charge >= 0.3 is 0 Å². The van der Waals surface area contributed by atoms with Crippen molar-refractivity contribution in [2.75, 3.05) is 5.73 Å². The highest BCUT2D eigenvalue weighted by atomic mass is 32.1. The fraction of sp³-hybridized carbons (Fsp3) is 0.0833. The van der Waals surface area contributed by atoms with Gasteiger partial charge < -0.3 is 10.3 Å². The maximum Gasteiger partial charge on any atom is 0.259 e. The van der Waals surface area contributed by atoms with E-state index in [1.807, 2.05) is 17.5 Å². The van der Waals surface area contributed by atoms with E-state index in [1.165, 1.54) is 6.20 Å². The predicted molar refractivity (Wildman–Crippen MR) is 71.6 cm³/mol. The molecule has 0 amide bonds. The molecule has 0 spiro atoms. The van der Waals surface area contributed by atoms with Crippen molar-refractivity contribution in [1.82, 2.24) is 14.5 Å². The largest absolute Gasteiger partial charge is 0.382 e. The molecule has 3 aromatic heterocycles. The summed E-state index contributed by atoms with van der Waals surface area (Å²) in [5.74, 6) is 0.374. The SMILES string of the molecule is Nc1cnc(Cn2ccc3sccc3c2=O)cn1. The summed E-state index contributed by atoms with van der Waals surface area (Å²) < 4.78 is 2.62. The van der Waals surface area contributed by atoms with Crippen molar-refractivity contribution in [2.24, 2.45) is 0 Å². The first-order valence-electron chi connectivity index (χ1n) is 5.37. The van der Waals surface area contributed by atoms with Crippen LogP contribution in [0.1, 0.15) is 5.69 Å². The van der Waals surface area contributed by atoms with E-state index in [0.29, 0.717) is 18.1 Å². The summed E-state index contributed by atoms with van der Waals surface area (Å²) in [5.41, 5.74) is 6.17. The summed E-state index contributed by atoms with van der Waals surface area (Å²) >= 11 is 1.56. The Morgan fingerprint density at radius 3 is 2.94 bits per heavy atom. The van der Waals surface area contributed by atoms with Crippen LogP contribution in [0.3, 0.4) is 0 Å². The van der Waals surface area contributed by atoms with Crippen LogP contribution >= 0.6 is 11.3 Å². The number of thiophene rings is 1. The molecule has 0 fully saturated rings. The van der Waals surface area contributed by atoms with Crippen LogP contribution in [0.15, 0.2) is 40.9 Å². The number of nitrogens with zero attached hydrogens (tertiary/aromatic N) is 3. The van der Waals surface area contributed by atoms with Gasteiger partial charge in [-0.1, -0.05) is 0 Å². The van der Waals surface area contributed by atoms with E-state index in [0.717, 1.165) is 10.1 Å². The van der Waals surface area contributed by atoms with Crippen molar-refractivity contribution in [2.45, 2.75) is 6.54 Å². The molecular weight excluding hydrogens is 248 g/mol. The van der Waals surface area contributed by atoms with E-state index in [2.05, 4.69) is 9.97 Å². The van der Waals surface area contributed by atoms with Gasteiger partial charge in [-0.3, -0.25) is 9.78 Å². The van der Waals surface area contributed by atoms with Crippen molar-refractivity contribution >= 4 is 27.2 Å². The Morgan fingerprint density at radius 1 is 1.28 bits per heavy atom. The average molecular weight is 258 g/mol. The highest BCUT2D eigenvalue weighted by Crippen LogP contribution is 2.16. The zero-order valence-corrected chi connectivity index (χ0v) is 10.2. The summed E-state index contributed by atoms with van der Waals surface area (Å²) in [6.07, 6.45) is 4.85. The molecule has 0 aromatic carbocycles. The van der Waals surface area contributed by atoms with Crippen molar-refractivity contribution in [3.63, 3.8) is 0 Å². The zero-order chi connectivity index (χ0) is 12.5. The van der Waals surface area contributed by atoms with E-state index in [-0.39, 0.29) is 5.56 Å².